The minimum Gasteiger partial charge on any atom is -0.497 e. The van der Waals surface area contributed by atoms with E-state index in [0.29, 0.717) is 13.0 Å². The summed E-state index contributed by atoms with van der Waals surface area (Å²) in [5.41, 5.74) is 3.32. The van der Waals surface area contributed by atoms with Gasteiger partial charge in [-0.25, -0.2) is 0 Å². The highest BCUT2D eigenvalue weighted by molar-refractivity contribution is 5.86. The number of aromatic amines is 1. The lowest BCUT2D eigenvalue weighted by Gasteiger charge is -2.26. The fraction of sp³-hybridized carbons (Fsp3) is 0.375. The first-order valence-corrected chi connectivity index (χ1v) is 10.5. The number of hydrogen-bond donors (Lipinski definition) is 2. The van der Waals surface area contributed by atoms with Crippen LogP contribution in [0.1, 0.15) is 23.5 Å². The number of ether oxygens (including phenoxy) is 2. The zero-order chi connectivity index (χ0) is 20.8. The second kappa shape index (κ2) is 9.78. The molecule has 1 aliphatic rings. The van der Waals surface area contributed by atoms with Crippen molar-refractivity contribution in [2.45, 2.75) is 12.3 Å². The standard InChI is InChI=1S/C24H29N3O3/c1-29-19-8-6-18(7-9-19)21(22-17-26-23-5-3-2-4-20(22)23)16-24(28)25-10-11-27-12-14-30-15-13-27/h2-9,17,21,26H,10-16H2,1H3,(H,25,28)/t21-/m0/s1. The van der Waals surface area contributed by atoms with Crippen molar-refractivity contribution in [2.75, 3.05) is 46.5 Å². The van der Waals surface area contributed by atoms with Crippen molar-refractivity contribution >= 4 is 16.8 Å². The van der Waals surface area contributed by atoms with Gasteiger partial charge in [-0.1, -0.05) is 30.3 Å². The summed E-state index contributed by atoms with van der Waals surface area (Å²) in [6.45, 7) is 4.92. The molecule has 1 aromatic heterocycles. The average Bonchev–Trinajstić information content (AvgIpc) is 3.22. The summed E-state index contributed by atoms with van der Waals surface area (Å²) in [6.07, 6.45) is 2.43. The van der Waals surface area contributed by atoms with Gasteiger partial charge in [0.1, 0.15) is 5.75 Å². The molecule has 2 heterocycles. The number of benzene rings is 2. The molecule has 0 saturated carbocycles. The van der Waals surface area contributed by atoms with Crippen LogP contribution in [0.4, 0.5) is 0 Å². The maximum Gasteiger partial charge on any atom is 0.220 e. The summed E-state index contributed by atoms with van der Waals surface area (Å²) in [6, 6.07) is 16.2. The van der Waals surface area contributed by atoms with Gasteiger partial charge < -0.3 is 19.8 Å². The molecule has 0 bridgehead atoms. The monoisotopic (exact) mass is 407 g/mol. The zero-order valence-corrected chi connectivity index (χ0v) is 17.4. The number of para-hydroxylation sites is 1. The minimum atomic E-state index is -0.0320. The number of carbonyl (C=O) groups is 1. The first-order valence-electron chi connectivity index (χ1n) is 10.5. The third-order valence-electron chi connectivity index (χ3n) is 5.76. The van der Waals surface area contributed by atoms with E-state index < -0.39 is 0 Å². The van der Waals surface area contributed by atoms with E-state index in [9.17, 15) is 4.79 Å². The maximum absolute atomic E-state index is 12.8. The van der Waals surface area contributed by atoms with E-state index in [1.807, 2.05) is 42.6 Å². The molecule has 30 heavy (non-hydrogen) atoms. The van der Waals surface area contributed by atoms with E-state index in [0.717, 1.165) is 60.6 Å². The van der Waals surface area contributed by atoms with E-state index in [2.05, 4.69) is 27.3 Å². The summed E-state index contributed by atoms with van der Waals surface area (Å²) >= 11 is 0. The fourth-order valence-corrected chi connectivity index (χ4v) is 4.06. The Morgan fingerprint density at radius 1 is 1.17 bits per heavy atom. The molecular weight excluding hydrogens is 378 g/mol. The number of amides is 1. The summed E-state index contributed by atoms with van der Waals surface area (Å²) in [4.78, 5) is 18.5. The summed E-state index contributed by atoms with van der Waals surface area (Å²) in [5, 5.41) is 4.26. The molecule has 2 aromatic carbocycles. The number of fused-ring (bicyclic) bond motifs is 1. The fourth-order valence-electron chi connectivity index (χ4n) is 4.06. The molecule has 4 rings (SSSR count). The van der Waals surface area contributed by atoms with Gasteiger partial charge in [0.15, 0.2) is 0 Å². The van der Waals surface area contributed by atoms with Gasteiger partial charge in [-0.15, -0.1) is 0 Å². The number of carbonyl (C=O) groups excluding carboxylic acids is 1. The molecule has 6 heteroatoms. The average molecular weight is 408 g/mol. The van der Waals surface area contributed by atoms with Crippen LogP contribution < -0.4 is 10.1 Å². The predicted molar refractivity (Wildman–Crippen MR) is 118 cm³/mol. The number of rotatable bonds is 8. The first kappa shape index (κ1) is 20.4. The third-order valence-corrected chi connectivity index (χ3v) is 5.76. The van der Waals surface area contributed by atoms with Crippen LogP contribution in [-0.2, 0) is 9.53 Å². The Balaban J connectivity index is 1.49. The van der Waals surface area contributed by atoms with Crippen molar-refractivity contribution in [1.82, 2.24) is 15.2 Å². The van der Waals surface area contributed by atoms with Crippen LogP contribution in [-0.4, -0.2) is 62.3 Å². The molecule has 1 saturated heterocycles. The molecular formula is C24H29N3O3. The van der Waals surface area contributed by atoms with E-state index >= 15 is 0 Å². The van der Waals surface area contributed by atoms with Crippen molar-refractivity contribution in [3.63, 3.8) is 0 Å². The number of morpholine rings is 1. The Morgan fingerprint density at radius 3 is 2.70 bits per heavy atom. The quantitative estimate of drug-likeness (QED) is 0.602. The van der Waals surface area contributed by atoms with E-state index in [-0.39, 0.29) is 11.8 Å². The highest BCUT2D eigenvalue weighted by Crippen LogP contribution is 2.34. The lowest BCUT2D eigenvalue weighted by atomic mass is 9.88. The lowest BCUT2D eigenvalue weighted by Crippen LogP contribution is -2.41. The van der Waals surface area contributed by atoms with Gasteiger partial charge in [-0.3, -0.25) is 9.69 Å². The molecule has 1 atom stereocenters. The Morgan fingerprint density at radius 2 is 1.93 bits per heavy atom. The summed E-state index contributed by atoms with van der Waals surface area (Å²) < 4.78 is 10.7. The van der Waals surface area contributed by atoms with Crippen molar-refractivity contribution in [2.24, 2.45) is 0 Å². The van der Waals surface area contributed by atoms with Gasteiger partial charge in [-0.05, 0) is 29.3 Å². The maximum atomic E-state index is 12.8. The normalized spacial score (nSPS) is 15.8. The van der Waals surface area contributed by atoms with E-state index in [1.54, 1.807) is 7.11 Å². The van der Waals surface area contributed by atoms with Gasteiger partial charge in [0.2, 0.25) is 5.91 Å². The number of nitrogens with one attached hydrogen (secondary N) is 2. The topological polar surface area (TPSA) is 66.6 Å². The molecule has 0 unspecified atom stereocenters. The third kappa shape index (κ3) is 4.83. The molecule has 6 nitrogen and oxygen atoms in total. The summed E-state index contributed by atoms with van der Waals surface area (Å²) in [7, 11) is 1.66. The smallest absolute Gasteiger partial charge is 0.220 e. The first-order chi connectivity index (χ1) is 14.7. The van der Waals surface area contributed by atoms with Crippen LogP contribution in [0, 0.1) is 0 Å². The number of hydrogen-bond acceptors (Lipinski definition) is 4. The molecule has 2 N–H and O–H groups in total. The molecule has 0 radical (unpaired) electrons. The number of H-pyrrole nitrogens is 1. The highest BCUT2D eigenvalue weighted by atomic mass is 16.5. The van der Waals surface area contributed by atoms with Crippen LogP contribution >= 0.6 is 0 Å². The molecule has 3 aromatic rings. The van der Waals surface area contributed by atoms with Crippen LogP contribution in [0.2, 0.25) is 0 Å². The van der Waals surface area contributed by atoms with Gasteiger partial charge >= 0.3 is 0 Å². The number of aromatic nitrogens is 1. The van der Waals surface area contributed by atoms with Crippen molar-refractivity contribution in [3.8, 4) is 5.75 Å². The number of methoxy groups -OCH3 is 1. The van der Waals surface area contributed by atoms with Crippen LogP contribution in [0.3, 0.4) is 0 Å². The molecule has 0 spiro atoms. The van der Waals surface area contributed by atoms with Gasteiger partial charge in [0, 0.05) is 55.6 Å². The van der Waals surface area contributed by atoms with Gasteiger partial charge in [0.25, 0.3) is 0 Å². The molecule has 1 fully saturated rings. The van der Waals surface area contributed by atoms with Crippen molar-refractivity contribution < 1.29 is 14.3 Å². The van der Waals surface area contributed by atoms with Crippen LogP contribution in [0.5, 0.6) is 5.75 Å². The second-order valence-electron chi connectivity index (χ2n) is 7.62. The lowest BCUT2D eigenvalue weighted by molar-refractivity contribution is -0.121. The minimum absolute atomic E-state index is 0.0320. The van der Waals surface area contributed by atoms with Crippen LogP contribution in [0.15, 0.2) is 54.7 Å². The Labute approximate surface area is 177 Å². The molecule has 1 aliphatic heterocycles. The Bertz CT molecular complexity index is 961. The van der Waals surface area contributed by atoms with Gasteiger partial charge in [0.05, 0.1) is 20.3 Å². The van der Waals surface area contributed by atoms with E-state index in [4.69, 9.17) is 9.47 Å². The Hall–Kier alpha value is -2.83. The van der Waals surface area contributed by atoms with Gasteiger partial charge in [-0.2, -0.15) is 0 Å². The molecule has 158 valence electrons. The second-order valence-corrected chi connectivity index (χ2v) is 7.62. The highest BCUT2D eigenvalue weighted by Gasteiger charge is 2.21. The molecule has 0 aliphatic carbocycles. The number of nitrogens with zero attached hydrogens (tertiary/aromatic N) is 1. The zero-order valence-electron chi connectivity index (χ0n) is 17.4. The van der Waals surface area contributed by atoms with Crippen molar-refractivity contribution in [1.29, 1.82) is 0 Å². The SMILES string of the molecule is COc1ccc([C@H](CC(=O)NCCN2CCOCC2)c2c[nH]c3ccccc23)cc1. The predicted octanol–water partition coefficient (Wildman–Crippen LogP) is 3.15. The summed E-state index contributed by atoms with van der Waals surface area (Å²) in [5.74, 6) is 0.844. The Kier molecular flexibility index (Phi) is 6.67. The van der Waals surface area contributed by atoms with Crippen LogP contribution in [0.25, 0.3) is 10.9 Å². The van der Waals surface area contributed by atoms with Crippen molar-refractivity contribution in [3.05, 3.63) is 65.9 Å². The molecule has 1 amide bonds. The largest absolute Gasteiger partial charge is 0.497 e. The van der Waals surface area contributed by atoms with E-state index in [1.165, 1.54) is 0 Å².